The smallest absolute Gasteiger partial charge is 0.417 e. The monoisotopic (exact) mass is 371 g/mol. The summed E-state index contributed by atoms with van der Waals surface area (Å²) in [6.45, 7) is 7.49. The molecule has 0 spiro atoms. The van der Waals surface area contributed by atoms with Crippen LogP contribution in [0, 0.1) is 5.92 Å². The Morgan fingerprint density at radius 2 is 1.96 bits per heavy atom. The molecule has 2 fully saturated rings. The van der Waals surface area contributed by atoms with E-state index in [0.717, 1.165) is 25.1 Å². The Hall–Kier alpha value is -1.99. The highest BCUT2D eigenvalue weighted by molar-refractivity contribution is 5.70. The number of carbonyl (C=O) groups is 1. The van der Waals surface area contributed by atoms with Gasteiger partial charge in [-0.25, -0.2) is 9.78 Å². The second-order valence-corrected chi connectivity index (χ2v) is 8.11. The molecule has 1 amide bonds. The van der Waals surface area contributed by atoms with E-state index in [4.69, 9.17) is 4.74 Å². The third-order valence-electron chi connectivity index (χ3n) is 5.07. The molecule has 0 radical (unpaired) electrons. The van der Waals surface area contributed by atoms with Gasteiger partial charge in [0.15, 0.2) is 0 Å². The fourth-order valence-electron chi connectivity index (χ4n) is 3.89. The van der Waals surface area contributed by atoms with Crippen LogP contribution < -0.4 is 5.32 Å². The van der Waals surface area contributed by atoms with Crippen molar-refractivity contribution in [3.8, 4) is 0 Å². The number of amides is 1. The van der Waals surface area contributed by atoms with Gasteiger partial charge >= 0.3 is 12.3 Å². The first kappa shape index (κ1) is 18.8. The molecule has 0 aromatic carbocycles. The summed E-state index contributed by atoms with van der Waals surface area (Å²) in [5.74, 6) is 0.729. The maximum absolute atomic E-state index is 12.6. The summed E-state index contributed by atoms with van der Waals surface area (Å²) in [7, 11) is 0. The Morgan fingerprint density at radius 3 is 2.46 bits per heavy atom. The van der Waals surface area contributed by atoms with E-state index in [0.29, 0.717) is 11.7 Å². The van der Waals surface area contributed by atoms with Gasteiger partial charge in [-0.05, 0) is 58.6 Å². The van der Waals surface area contributed by atoms with Gasteiger partial charge in [0.25, 0.3) is 0 Å². The van der Waals surface area contributed by atoms with E-state index in [1.165, 1.54) is 6.07 Å². The van der Waals surface area contributed by atoms with Crippen LogP contribution >= 0.6 is 0 Å². The summed E-state index contributed by atoms with van der Waals surface area (Å²) in [6, 6.07) is 2.34. The van der Waals surface area contributed by atoms with Gasteiger partial charge in [-0.15, -0.1) is 0 Å². The number of pyridine rings is 1. The van der Waals surface area contributed by atoms with E-state index in [-0.39, 0.29) is 24.2 Å². The number of rotatable bonds is 2. The summed E-state index contributed by atoms with van der Waals surface area (Å²) >= 11 is 0. The number of alkyl halides is 3. The Morgan fingerprint density at radius 1 is 1.27 bits per heavy atom. The van der Waals surface area contributed by atoms with Crippen molar-refractivity contribution in [3.63, 3.8) is 0 Å². The molecule has 0 unspecified atom stereocenters. The average Bonchev–Trinajstić information content (AvgIpc) is 3.02. The minimum atomic E-state index is -4.40. The summed E-state index contributed by atoms with van der Waals surface area (Å²) in [5.41, 5.74) is -1.35. The maximum atomic E-state index is 12.6. The van der Waals surface area contributed by atoms with Gasteiger partial charge in [-0.1, -0.05) is 0 Å². The van der Waals surface area contributed by atoms with Crippen LogP contribution in [0.1, 0.15) is 46.1 Å². The molecule has 1 N–H and O–H groups in total. The number of carbonyl (C=O) groups excluding carboxylic acids is 1. The highest BCUT2D eigenvalue weighted by Gasteiger charge is 2.52. The zero-order valence-electron chi connectivity index (χ0n) is 15.3. The van der Waals surface area contributed by atoms with Gasteiger partial charge < -0.3 is 15.0 Å². The second kappa shape index (κ2) is 6.32. The molecule has 1 aliphatic heterocycles. The number of aromatic nitrogens is 1. The molecule has 1 aromatic heterocycles. The third kappa shape index (κ3) is 3.73. The molecule has 4 atom stereocenters. The van der Waals surface area contributed by atoms with E-state index in [9.17, 15) is 18.0 Å². The average molecular weight is 371 g/mol. The van der Waals surface area contributed by atoms with Crippen molar-refractivity contribution in [2.24, 2.45) is 5.92 Å². The summed E-state index contributed by atoms with van der Waals surface area (Å²) < 4.78 is 43.5. The van der Waals surface area contributed by atoms with Crippen LogP contribution in [0.2, 0.25) is 0 Å². The first-order valence-corrected chi connectivity index (χ1v) is 8.77. The SMILES string of the molecule is C[C@@H]1[C@H]2C[C@@H](Nc3ccc(C(F)(F)F)cn3)[C@H](C2)N1C(=O)OC(C)(C)C. The standard InChI is InChI=1S/C18H24F3N3O2/c1-10-11-7-13(14(8-11)24(10)16(25)26-17(2,3)4)23-15-6-5-12(9-22-15)18(19,20)21/h5-6,9-11,13-14H,7-8H2,1-4H3,(H,22,23)/t10-,11+,13-,14+/m1/s1. The Bertz CT molecular complexity index is 670. The molecule has 8 heteroatoms. The Kier molecular flexibility index (Phi) is 4.56. The predicted molar refractivity (Wildman–Crippen MR) is 90.7 cm³/mol. The van der Waals surface area contributed by atoms with Crippen molar-refractivity contribution in [1.82, 2.24) is 9.88 Å². The highest BCUT2D eigenvalue weighted by Crippen LogP contribution is 2.44. The molecular formula is C18H24F3N3O2. The Labute approximate surface area is 150 Å². The van der Waals surface area contributed by atoms with Crippen LogP contribution in [0.15, 0.2) is 18.3 Å². The lowest BCUT2D eigenvalue weighted by Crippen LogP contribution is -2.52. The zero-order chi connectivity index (χ0) is 19.3. The van der Waals surface area contributed by atoms with Crippen LogP contribution in [-0.4, -0.2) is 39.7 Å². The van der Waals surface area contributed by atoms with Gasteiger partial charge in [0.1, 0.15) is 11.4 Å². The zero-order valence-corrected chi connectivity index (χ0v) is 15.3. The van der Waals surface area contributed by atoms with Gasteiger partial charge in [-0.3, -0.25) is 0 Å². The molecule has 5 nitrogen and oxygen atoms in total. The van der Waals surface area contributed by atoms with Crippen molar-refractivity contribution in [1.29, 1.82) is 0 Å². The van der Waals surface area contributed by atoms with E-state index in [1.807, 2.05) is 27.7 Å². The number of hydrogen-bond acceptors (Lipinski definition) is 4. The van der Waals surface area contributed by atoms with Gasteiger partial charge in [0.2, 0.25) is 0 Å². The number of likely N-dealkylation sites (tertiary alicyclic amines) is 1. The molecular weight excluding hydrogens is 347 g/mol. The number of hydrogen-bond donors (Lipinski definition) is 1. The number of ether oxygens (including phenoxy) is 1. The van der Waals surface area contributed by atoms with Crippen LogP contribution in [-0.2, 0) is 10.9 Å². The fourth-order valence-corrected chi connectivity index (χ4v) is 3.89. The van der Waals surface area contributed by atoms with Crippen LogP contribution in [0.4, 0.5) is 23.8 Å². The van der Waals surface area contributed by atoms with Gasteiger partial charge in [0, 0.05) is 18.3 Å². The number of halogens is 3. The maximum Gasteiger partial charge on any atom is 0.417 e. The molecule has 26 heavy (non-hydrogen) atoms. The van der Waals surface area contributed by atoms with E-state index < -0.39 is 17.3 Å². The topological polar surface area (TPSA) is 54.5 Å². The summed E-state index contributed by atoms with van der Waals surface area (Å²) in [5, 5.41) is 3.19. The molecule has 1 aromatic rings. The van der Waals surface area contributed by atoms with E-state index >= 15 is 0 Å². The number of piperidine rings is 1. The van der Waals surface area contributed by atoms with Gasteiger partial charge in [-0.2, -0.15) is 13.2 Å². The largest absolute Gasteiger partial charge is 0.444 e. The summed E-state index contributed by atoms with van der Waals surface area (Å²) in [4.78, 5) is 18.2. The molecule has 144 valence electrons. The first-order valence-electron chi connectivity index (χ1n) is 8.77. The lowest BCUT2D eigenvalue weighted by molar-refractivity contribution is -0.137. The lowest BCUT2D eigenvalue weighted by Gasteiger charge is -2.39. The van der Waals surface area contributed by atoms with Crippen LogP contribution in [0.3, 0.4) is 0 Å². The van der Waals surface area contributed by atoms with Gasteiger partial charge in [0.05, 0.1) is 11.6 Å². The molecule has 1 saturated heterocycles. The van der Waals surface area contributed by atoms with Crippen molar-refractivity contribution in [2.75, 3.05) is 5.32 Å². The van der Waals surface area contributed by atoms with Crippen molar-refractivity contribution in [2.45, 2.75) is 70.4 Å². The second-order valence-electron chi connectivity index (χ2n) is 8.11. The number of nitrogens with zero attached hydrogens (tertiary/aromatic N) is 2. The minimum Gasteiger partial charge on any atom is -0.444 e. The summed E-state index contributed by atoms with van der Waals surface area (Å²) in [6.07, 6.45) is -2.21. The fraction of sp³-hybridized carbons (Fsp3) is 0.667. The normalized spacial score (nSPS) is 28.3. The predicted octanol–water partition coefficient (Wildman–Crippen LogP) is 4.30. The molecule has 1 aliphatic carbocycles. The number of nitrogens with one attached hydrogen (secondary N) is 1. The van der Waals surface area contributed by atoms with Crippen LogP contribution in [0.5, 0.6) is 0 Å². The van der Waals surface area contributed by atoms with Crippen molar-refractivity contribution >= 4 is 11.9 Å². The molecule has 1 saturated carbocycles. The van der Waals surface area contributed by atoms with Crippen molar-refractivity contribution < 1.29 is 22.7 Å². The molecule has 2 aliphatic rings. The third-order valence-corrected chi connectivity index (χ3v) is 5.07. The lowest BCUT2D eigenvalue weighted by atomic mass is 9.98. The van der Waals surface area contributed by atoms with E-state index in [1.54, 1.807) is 4.90 Å². The van der Waals surface area contributed by atoms with Crippen molar-refractivity contribution in [3.05, 3.63) is 23.9 Å². The minimum absolute atomic E-state index is 0.0473. The van der Waals surface area contributed by atoms with E-state index in [2.05, 4.69) is 10.3 Å². The molecule has 3 rings (SSSR count). The molecule has 2 heterocycles. The quantitative estimate of drug-likeness (QED) is 0.842. The Balaban J connectivity index is 1.70. The van der Waals surface area contributed by atoms with Crippen LogP contribution in [0.25, 0.3) is 0 Å². The number of anilines is 1. The first-order chi connectivity index (χ1) is 12.0. The molecule has 2 bridgehead atoms. The highest BCUT2D eigenvalue weighted by atomic mass is 19.4. The number of fused-ring (bicyclic) bond motifs is 2.